The molecule has 0 spiro atoms. The number of fused-ring (bicyclic) bond motifs is 1. The number of nitrogens with one attached hydrogen (secondary N) is 1. The number of benzene rings is 3. The maximum Gasteiger partial charge on any atom is 0.104 e. The maximum atomic E-state index is 6.25. The topological polar surface area (TPSA) is 40.0 Å². The van der Waals surface area contributed by atoms with Gasteiger partial charge in [-0.15, -0.1) is 10.2 Å². The molecule has 0 unspecified atom stereocenters. The third kappa shape index (κ3) is 5.10. The fourth-order valence-corrected chi connectivity index (χ4v) is 3.79. The van der Waals surface area contributed by atoms with E-state index in [0.717, 1.165) is 52.8 Å². The lowest BCUT2D eigenvalue weighted by Gasteiger charge is -2.19. The van der Waals surface area contributed by atoms with Crippen molar-refractivity contribution in [3.63, 3.8) is 0 Å². The molecule has 0 radical (unpaired) electrons. The van der Waals surface area contributed by atoms with E-state index < -0.39 is 0 Å². The molecule has 0 heterocycles. The van der Waals surface area contributed by atoms with Crippen LogP contribution in [0.4, 0.5) is 17.1 Å². The molecule has 0 amide bonds. The van der Waals surface area contributed by atoms with E-state index in [9.17, 15) is 0 Å². The van der Waals surface area contributed by atoms with Gasteiger partial charge in [-0.25, -0.2) is 0 Å². The molecule has 0 saturated heterocycles. The van der Waals surface area contributed by atoms with Gasteiger partial charge in [0.25, 0.3) is 0 Å². The first kappa shape index (κ1) is 20.8. The Labute approximate surface area is 179 Å². The van der Waals surface area contributed by atoms with E-state index in [1.165, 1.54) is 0 Å². The van der Waals surface area contributed by atoms with E-state index in [1.54, 1.807) is 0 Å². The Kier molecular flexibility index (Phi) is 7.43. The van der Waals surface area contributed by atoms with Crippen LogP contribution in [0.5, 0.6) is 0 Å². The van der Waals surface area contributed by atoms with E-state index in [-0.39, 0.29) is 0 Å². The van der Waals surface area contributed by atoms with Crippen LogP contribution in [0.2, 0.25) is 5.02 Å². The molecule has 3 aromatic rings. The minimum atomic E-state index is 0.567. The van der Waals surface area contributed by atoms with Crippen molar-refractivity contribution in [2.24, 2.45) is 10.2 Å². The van der Waals surface area contributed by atoms with Crippen LogP contribution in [-0.2, 0) is 0 Å². The Morgan fingerprint density at radius 2 is 1.61 bits per heavy atom. The molecular weight excluding hydrogens is 436 g/mol. The van der Waals surface area contributed by atoms with Gasteiger partial charge in [0, 0.05) is 34.0 Å². The van der Waals surface area contributed by atoms with Crippen LogP contribution in [0.25, 0.3) is 10.8 Å². The predicted molar refractivity (Wildman–Crippen MR) is 124 cm³/mol. The molecule has 0 atom stereocenters. The second-order valence-corrected chi connectivity index (χ2v) is 7.75. The Hall–Kier alpha value is -1.95. The maximum absolute atomic E-state index is 6.25. The summed E-state index contributed by atoms with van der Waals surface area (Å²) in [5, 5.41) is 15.1. The molecule has 1 N–H and O–H groups in total. The highest BCUT2D eigenvalue weighted by atomic mass is 79.9. The summed E-state index contributed by atoms with van der Waals surface area (Å²) in [7, 11) is 0. The third-order valence-corrected chi connectivity index (χ3v) is 5.51. The molecule has 28 heavy (non-hydrogen) atoms. The van der Waals surface area contributed by atoms with Crippen molar-refractivity contribution < 1.29 is 0 Å². The molecule has 0 aliphatic heterocycles. The van der Waals surface area contributed by atoms with Crippen LogP contribution in [0.15, 0.2) is 69.3 Å². The average Bonchev–Trinajstić information content (AvgIpc) is 2.71. The molecule has 4 nitrogen and oxygen atoms in total. The van der Waals surface area contributed by atoms with Crippen LogP contribution in [-0.4, -0.2) is 31.1 Å². The van der Waals surface area contributed by atoms with Crippen molar-refractivity contribution in [3.8, 4) is 0 Å². The van der Waals surface area contributed by atoms with Gasteiger partial charge in [-0.1, -0.05) is 65.6 Å². The summed E-state index contributed by atoms with van der Waals surface area (Å²) in [6, 6.07) is 17.9. The summed E-state index contributed by atoms with van der Waals surface area (Å²) in [6.45, 7) is 8.44. The number of hydrogen-bond donors (Lipinski definition) is 1. The zero-order valence-corrected chi connectivity index (χ0v) is 18.5. The van der Waals surface area contributed by atoms with E-state index in [1.807, 2.05) is 36.4 Å². The van der Waals surface area contributed by atoms with Gasteiger partial charge in [-0.2, -0.15) is 0 Å². The fraction of sp³-hybridized carbons (Fsp3) is 0.273. The first-order valence-electron chi connectivity index (χ1n) is 9.47. The number of likely N-dealkylation sites (N-methyl/N-ethyl adjacent to an activating group) is 1. The zero-order valence-electron chi connectivity index (χ0n) is 16.1. The lowest BCUT2D eigenvalue weighted by Crippen LogP contribution is -2.28. The van der Waals surface area contributed by atoms with E-state index in [4.69, 9.17) is 11.6 Å². The number of nitrogens with zero attached hydrogens (tertiary/aromatic N) is 3. The van der Waals surface area contributed by atoms with Gasteiger partial charge in [0.1, 0.15) is 5.69 Å². The van der Waals surface area contributed by atoms with Crippen molar-refractivity contribution in [1.82, 2.24) is 4.90 Å². The van der Waals surface area contributed by atoms with Crippen LogP contribution >= 0.6 is 27.5 Å². The fourth-order valence-electron chi connectivity index (χ4n) is 3.08. The molecule has 6 heteroatoms. The number of halogens is 2. The largest absolute Gasteiger partial charge is 0.383 e. The van der Waals surface area contributed by atoms with Crippen molar-refractivity contribution >= 4 is 55.4 Å². The van der Waals surface area contributed by atoms with Crippen LogP contribution < -0.4 is 5.32 Å². The Balaban J connectivity index is 1.84. The minimum Gasteiger partial charge on any atom is -0.383 e. The molecule has 3 rings (SSSR count). The molecule has 0 fully saturated rings. The lowest BCUT2D eigenvalue weighted by molar-refractivity contribution is 0.316. The Morgan fingerprint density at radius 1 is 0.929 bits per heavy atom. The summed E-state index contributed by atoms with van der Waals surface area (Å²) in [6.07, 6.45) is 0. The molecule has 0 aromatic heterocycles. The average molecular weight is 460 g/mol. The Morgan fingerprint density at radius 3 is 2.32 bits per heavy atom. The quantitative estimate of drug-likeness (QED) is 0.356. The predicted octanol–water partition coefficient (Wildman–Crippen LogP) is 7.42. The molecule has 0 aliphatic carbocycles. The summed E-state index contributed by atoms with van der Waals surface area (Å²) in [5.41, 5.74) is 2.59. The van der Waals surface area contributed by atoms with E-state index in [0.29, 0.717) is 10.7 Å². The van der Waals surface area contributed by atoms with E-state index >= 15 is 0 Å². The molecular formula is C22H24BrClN4. The normalized spacial score (nSPS) is 11.6. The van der Waals surface area contributed by atoms with Crippen LogP contribution in [0.1, 0.15) is 13.8 Å². The highest BCUT2D eigenvalue weighted by Gasteiger charge is 2.07. The molecule has 3 aromatic carbocycles. The van der Waals surface area contributed by atoms with E-state index in [2.05, 4.69) is 68.4 Å². The molecule has 0 saturated carbocycles. The zero-order chi connectivity index (χ0) is 19.9. The third-order valence-electron chi connectivity index (χ3n) is 4.71. The summed E-state index contributed by atoms with van der Waals surface area (Å²) < 4.78 is 0.919. The van der Waals surface area contributed by atoms with Crippen LogP contribution in [0.3, 0.4) is 0 Å². The SMILES string of the molecule is CCN(CC)CCNc1ccc(N=Nc2ccc(Br)cc2Cl)c2ccccc12. The number of rotatable bonds is 8. The van der Waals surface area contributed by atoms with Gasteiger partial charge in [-0.3, -0.25) is 0 Å². The monoisotopic (exact) mass is 458 g/mol. The minimum absolute atomic E-state index is 0.567. The van der Waals surface area contributed by atoms with Gasteiger partial charge >= 0.3 is 0 Å². The molecule has 146 valence electrons. The number of anilines is 1. The number of hydrogen-bond acceptors (Lipinski definition) is 4. The summed E-state index contributed by atoms with van der Waals surface area (Å²) in [5.74, 6) is 0. The van der Waals surface area contributed by atoms with Crippen molar-refractivity contribution in [3.05, 3.63) is 64.1 Å². The molecule has 0 aliphatic rings. The first-order valence-corrected chi connectivity index (χ1v) is 10.6. The summed E-state index contributed by atoms with van der Waals surface area (Å²) in [4.78, 5) is 2.40. The first-order chi connectivity index (χ1) is 13.6. The standard InChI is InChI=1S/C22H24BrClN4/c1-3-28(4-2)14-13-25-20-11-12-21(18-8-6-5-7-17(18)20)26-27-22-10-9-16(23)15-19(22)24/h5-12,15,25H,3-4,13-14H2,1-2H3. The van der Waals surface area contributed by atoms with Crippen molar-refractivity contribution in [1.29, 1.82) is 0 Å². The van der Waals surface area contributed by atoms with Crippen molar-refractivity contribution in [2.75, 3.05) is 31.5 Å². The highest BCUT2D eigenvalue weighted by molar-refractivity contribution is 9.10. The second kappa shape index (κ2) is 10.0. The second-order valence-electron chi connectivity index (χ2n) is 6.43. The van der Waals surface area contributed by atoms with Gasteiger partial charge in [0.2, 0.25) is 0 Å². The van der Waals surface area contributed by atoms with Gasteiger partial charge < -0.3 is 10.2 Å². The van der Waals surface area contributed by atoms with Gasteiger partial charge in [0.05, 0.1) is 10.7 Å². The van der Waals surface area contributed by atoms with Gasteiger partial charge in [-0.05, 0) is 43.4 Å². The number of azo groups is 1. The summed E-state index contributed by atoms with van der Waals surface area (Å²) >= 11 is 9.65. The van der Waals surface area contributed by atoms with Gasteiger partial charge in [0.15, 0.2) is 0 Å². The smallest absolute Gasteiger partial charge is 0.104 e. The Bertz CT molecular complexity index is 970. The lowest BCUT2D eigenvalue weighted by atomic mass is 10.1. The highest BCUT2D eigenvalue weighted by Crippen LogP contribution is 2.34. The molecule has 0 bridgehead atoms. The van der Waals surface area contributed by atoms with Crippen molar-refractivity contribution in [2.45, 2.75) is 13.8 Å². The van der Waals surface area contributed by atoms with Crippen LogP contribution in [0, 0.1) is 0 Å².